The van der Waals surface area contributed by atoms with Crippen molar-refractivity contribution < 1.29 is 19.4 Å². The molecule has 1 amide bonds. The van der Waals surface area contributed by atoms with Crippen LogP contribution in [-0.4, -0.2) is 28.8 Å². The Morgan fingerprint density at radius 1 is 1.45 bits per heavy atom. The van der Waals surface area contributed by atoms with Gasteiger partial charge in [-0.25, -0.2) is 9.59 Å². The zero-order chi connectivity index (χ0) is 16.2. The average Bonchev–Trinajstić information content (AvgIpc) is 2.89. The molecule has 2 rings (SSSR count). The SMILES string of the molecule is C=CCCC[C@H]1C[C@]1(C)OC(=O)N[C@H](C(=O)O)C1CCCC1. The molecule has 0 aromatic heterocycles. The molecule has 0 saturated heterocycles. The lowest BCUT2D eigenvalue weighted by molar-refractivity contribution is -0.140. The van der Waals surface area contributed by atoms with Crippen LogP contribution < -0.4 is 5.32 Å². The highest BCUT2D eigenvalue weighted by atomic mass is 16.6. The molecule has 2 aliphatic rings. The Balaban J connectivity index is 1.79. The van der Waals surface area contributed by atoms with Gasteiger partial charge in [0, 0.05) is 5.92 Å². The molecule has 0 aliphatic heterocycles. The minimum atomic E-state index is -0.965. The van der Waals surface area contributed by atoms with Gasteiger partial charge in [0.25, 0.3) is 0 Å². The molecule has 0 spiro atoms. The number of alkyl carbamates (subject to hydrolysis) is 1. The van der Waals surface area contributed by atoms with Gasteiger partial charge >= 0.3 is 12.1 Å². The monoisotopic (exact) mass is 309 g/mol. The summed E-state index contributed by atoms with van der Waals surface area (Å²) in [7, 11) is 0. The van der Waals surface area contributed by atoms with Gasteiger partial charge in [-0.15, -0.1) is 6.58 Å². The molecule has 0 radical (unpaired) electrons. The topological polar surface area (TPSA) is 75.6 Å². The lowest BCUT2D eigenvalue weighted by Gasteiger charge is -2.22. The molecule has 5 heteroatoms. The number of aliphatic carboxylic acids is 1. The molecule has 3 atom stereocenters. The summed E-state index contributed by atoms with van der Waals surface area (Å²) in [6.07, 6.45) is 9.00. The number of carboxylic acid groups (broad SMARTS) is 1. The molecule has 0 aromatic rings. The highest BCUT2D eigenvalue weighted by Gasteiger charge is 2.53. The van der Waals surface area contributed by atoms with Gasteiger partial charge in [-0.05, 0) is 51.4 Å². The Labute approximate surface area is 132 Å². The van der Waals surface area contributed by atoms with Gasteiger partial charge in [-0.1, -0.05) is 18.9 Å². The molecule has 2 saturated carbocycles. The maximum absolute atomic E-state index is 12.0. The molecule has 5 nitrogen and oxygen atoms in total. The Kier molecular flexibility index (Phi) is 5.48. The maximum Gasteiger partial charge on any atom is 0.408 e. The summed E-state index contributed by atoms with van der Waals surface area (Å²) in [5.41, 5.74) is -0.427. The van der Waals surface area contributed by atoms with Crippen LogP contribution in [0.5, 0.6) is 0 Å². The molecule has 2 N–H and O–H groups in total. The van der Waals surface area contributed by atoms with E-state index < -0.39 is 23.7 Å². The number of carbonyl (C=O) groups excluding carboxylic acids is 1. The van der Waals surface area contributed by atoms with Gasteiger partial charge in [-0.2, -0.15) is 0 Å². The Hall–Kier alpha value is -1.52. The summed E-state index contributed by atoms with van der Waals surface area (Å²) in [4.78, 5) is 23.4. The molecule has 0 heterocycles. The van der Waals surface area contributed by atoms with Gasteiger partial charge < -0.3 is 15.2 Å². The number of nitrogens with one attached hydrogen (secondary N) is 1. The molecule has 2 fully saturated rings. The fourth-order valence-electron chi connectivity index (χ4n) is 3.51. The van der Waals surface area contributed by atoms with E-state index in [-0.39, 0.29) is 5.92 Å². The number of rotatable bonds is 8. The Morgan fingerprint density at radius 3 is 2.73 bits per heavy atom. The van der Waals surface area contributed by atoms with E-state index in [2.05, 4.69) is 11.9 Å². The number of ether oxygens (including phenoxy) is 1. The summed E-state index contributed by atoms with van der Waals surface area (Å²) < 4.78 is 5.49. The van der Waals surface area contributed by atoms with Crippen LogP contribution in [0.3, 0.4) is 0 Å². The predicted molar refractivity (Wildman–Crippen MR) is 83.6 cm³/mol. The third-order valence-electron chi connectivity index (χ3n) is 5.05. The van der Waals surface area contributed by atoms with Crippen LogP contribution in [0.1, 0.15) is 58.3 Å². The fraction of sp³-hybridized carbons (Fsp3) is 0.765. The Morgan fingerprint density at radius 2 is 2.14 bits per heavy atom. The summed E-state index contributed by atoms with van der Waals surface area (Å²) in [6, 6.07) is -0.823. The smallest absolute Gasteiger partial charge is 0.408 e. The van der Waals surface area contributed by atoms with Crippen LogP contribution in [0.2, 0.25) is 0 Å². The van der Waals surface area contributed by atoms with E-state index >= 15 is 0 Å². The average molecular weight is 309 g/mol. The standard InChI is InChI=1S/C17H27NO4/c1-3-4-5-10-13-11-17(13,2)22-16(21)18-14(15(19)20)12-8-6-7-9-12/h3,12-14H,1,4-11H2,2H3,(H,18,21)(H,19,20)/t13-,14-,17-/m0/s1. The normalized spacial score (nSPS) is 28.9. The first-order valence-corrected chi connectivity index (χ1v) is 8.29. The second kappa shape index (κ2) is 7.16. The number of hydrogen-bond donors (Lipinski definition) is 2. The van der Waals surface area contributed by atoms with E-state index in [1.807, 2.05) is 13.0 Å². The van der Waals surface area contributed by atoms with Crippen LogP contribution in [-0.2, 0) is 9.53 Å². The van der Waals surface area contributed by atoms with E-state index in [1.165, 1.54) is 0 Å². The van der Waals surface area contributed by atoms with Crippen molar-refractivity contribution in [3.05, 3.63) is 12.7 Å². The van der Waals surface area contributed by atoms with Crippen LogP contribution in [0.15, 0.2) is 12.7 Å². The van der Waals surface area contributed by atoms with Crippen LogP contribution in [0.4, 0.5) is 4.79 Å². The van der Waals surface area contributed by atoms with Gasteiger partial charge in [0.1, 0.15) is 11.6 Å². The third kappa shape index (κ3) is 4.24. The third-order valence-corrected chi connectivity index (χ3v) is 5.05. The lowest BCUT2D eigenvalue weighted by atomic mass is 9.98. The summed E-state index contributed by atoms with van der Waals surface area (Å²) in [6.45, 7) is 5.63. The quantitative estimate of drug-likeness (QED) is 0.531. The van der Waals surface area contributed by atoms with Gasteiger partial charge in [0.15, 0.2) is 0 Å². The lowest BCUT2D eigenvalue weighted by Crippen LogP contribution is -2.46. The minimum Gasteiger partial charge on any atom is -0.480 e. The molecule has 124 valence electrons. The van der Waals surface area contributed by atoms with Crippen LogP contribution in [0, 0.1) is 11.8 Å². The zero-order valence-corrected chi connectivity index (χ0v) is 13.3. The van der Waals surface area contributed by atoms with Crippen molar-refractivity contribution in [3.63, 3.8) is 0 Å². The van der Waals surface area contributed by atoms with Crippen LogP contribution in [0.25, 0.3) is 0 Å². The summed E-state index contributed by atoms with van der Waals surface area (Å²) in [5, 5.41) is 11.9. The number of carbonyl (C=O) groups is 2. The van der Waals surface area contributed by atoms with E-state index in [1.54, 1.807) is 0 Å². The van der Waals surface area contributed by atoms with Crippen molar-refractivity contribution in [2.75, 3.05) is 0 Å². The summed E-state index contributed by atoms with van der Waals surface area (Å²) in [5.74, 6) is -0.555. The largest absolute Gasteiger partial charge is 0.480 e. The second-order valence-electron chi connectivity index (χ2n) is 6.83. The van der Waals surface area contributed by atoms with E-state index in [9.17, 15) is 14.7 Å². The van der Waals surface area contributed by atoms with Gasteiger partial charge in [-0.3, -0.25) is 0 Å². The maximum atomic E-state index is 12.0. The van der Waals surface area contributed by atoms with Crippen molar-refractivity contribution in [1.29, 1.82) is 0 Å². The number of hydrogen-bond acceptors (Lipinski definition) is 3. The molecular formula is C17H27NO4. The highest BCUT2D eigenvalue weighted by Crippen LogP contribution is 2.49. The predicted octanol–water partition coefficient (Wildman–Crippen LogP) is 3.49. The molecule has 0 unspecified atom stereocenters. The van der Waals surface area contributed by atoms with Crippen molar-refractivity contribution in [2.45, 2.75) is 69.9 Å². The van der Waals surface area contributed by atoms with Gasteiger partial charge in [0.2, 0.25) is 0 Å². The van der Waals surface area contributed by atoms with E-state index in [4.69, 9.17) is 4.74 Å². The van der Waals surface area contributed by atoms with Crippen molar-refractivity contribution in [3.8, 4) is 0 Å². The molecule has 0 aromatic carbocycles. The van der Waals surface area contributed by atoms with Crippen molar-refractivity contribution in [2.24, 2.45) is 11.8 Å². The number of carboxylic acids is 1. The first kappa shape index (κ1) is 16.8. The van der Waals surface area contributed by atoms with Crippen molar-refractivity contribution in [1.82, 2.24) is 5.32 Å². The van der Waals surface area contributed by atoms with Crippen LogP contribution >= 0.6 is 0 Å². The number of unbranched alkanes of at least 4 members (excludes halogenated alkanes) is 1. The Bertz CT molecular complexity index is 430. The van der Waals surface area contributed by atoms with E-state index in [0.717, 1.165) is 51.4 Å². The number of allylic oxidation sites excluding steroid dienone is 1. The van der Waals surface area contributed by atoms with Crippen molar-refractivity contribution >= 4 is 12.1 Å². The van der Waals surface area contributed by atoms with Gasteiger partial charge in [0.05, 0.1) is 0 Å². The minimum absolute atomic E-state index is 0.0282. The molecule has 22 heavy (non-hydrogen) atoms. The van der Waals surface area contributed by atoms with E-state index in [0.29, 0.717) is 5.92 Å². The molecule has 0 bridgehead atoms. The molecular weight excluding hydrogens is 282 g/mol. The highest BCUT2D eigenvalue weighted by molar-refractivity contribution is 5.80. The zero-order valence-electron chi connectivity index (χ0n) is 13.3. The second-order valence-corrected chi connectivity index (χ2v) is 6.83. The first-order chi connectivity index (χ1) is 10.5. The first-order valence-electron chi connectivity index (χ1n) is 8.29. The fourth-order valence-corrected chi connectivity index (χ4v) is 3.51. The summed E-state index contributed by atoms with van der Waals surface area (Å²) >= 11 is 0. The molecule has 2 aliphatic carbocycles. The number of amides is 1.